The summed E-state index contributed by atoms with van der Waals surface area (Å²) in [7, 11) is -3.27. The van der Waals surface area contributed by atoms with E-state index in [-0.39, 0.29) is 23.7 Å². The lowest BCUT2D eigenvalue weighted by atomic mass is 10.0. The minimum atomic E-state index is -3.27. The number of hydrogen-bond donors (Lipinski definition) is 0. The highest BCUT2D eigenvalue weighted by Crippen LogP contribution is 2.21. The van der Waals surface area contributed by atoms with E-state index in [4.69, 9.17) is 0 Å². The standard InChI is InChI=1S/C17H19FN2O3S/c1-2-9-24(22,23)19-8-7-13-10-17(21)20(12-14(13)11-19)16-5-3-15(18)4-6-16/h3-6,10,12H,2,7-9,11H2,1H3. The third-order valence-electron chi connectivity index (χ3n) is 4.17. The maximum Gasteiger partial charge on any atom is 0.255 e. The smallest absolute Gasteiger partial charge is 0.255 e. The lowest BCUT2D eigenvalue weighted by Gasteiger charge is -2.28. The molecule has 7 heteroatoms. The predicted octanol–water partition coefficient (Wildman–Crippen LogP) is 2.07. The van der Waals surface area contributed by atoms with Crippen molar-refractivity contribution in [1.29, 1.82) is 0 Å². The van der Waals surface area contributed by atoms with Gasteiger partial charge in [0, 0.05) is 31.0 Å². The summed E-state index contributed by atoms with van der Waals surface area (Å²) in [6.45, 7) is 2.50. The maximum atomic E-state index is 13.1. The van der Waals surface area contributed by atoms with Gasteiger partial charge in [-0.15, -0.1) is 0 Å². The van der Waals surface area contributed by atoms with E-state index in [0.29, 0.717) is 25.1 Å². The number of nitrogens with zero attached hydrogens (tertiary/aromatic N) is 2. The van der Waals surface area contributed by atoms with E-state index in [1.807, 2.05) is 6.92 Å². The van der Waals surface area contributed by atoms with E-state index in [2.05, 4.69) is 0 Å². The normalized spacial score (nSPS) is 15.2. The van der Waals surface area contributed by atoms with Crippen LogP contribution in [0.5, 0.6) is 0 Å². The first-order chi connectivity index (χ1) is 11.4. The molecule has 0 unspecified atom stereocenters. The Morgan fingerprint density at radius 3 is 2.54 bits per heavy atom. The van der Waals surface area contributed by atoms with Crippen molar-refractivity contribution in [2.45, 2.75) is 26.3 Å². The van der Waals surface area contributed by atoms with E-state index in [9.17, 15) is 17.6 Å². The molecule has 0 amide bonds. The second-order valence-electron chi connectivity index (χ2n) is 5.91. The summed E-state index contributed by atoms with van der Waals surface area (Å²) in [6, 6.07) is 7.18. The van der Waals surface area contributed by atoms with Crippen LogP contribution < -0.4 is 5.56 Å². The number of aromatic nitrogens is 1. The van der Waals surface area contributed by atoms with Gasteiger partial charge in [-0.05, 0) is 48.2 Å². The Morgan fingerprint density at radius 2 is 1.88 bits per heavy atom. The Morgan fingerprint density at radius 1 is 1.17 bits per heavy atom. The molecule has 1 aromatic heterocycles. The molecule has 3 rings (SSSR count). The van der Waals surface area contributed by atoms with Crippen LogP contribution in [-0.4, -0.2) is 29.6 Å². The van der Waals surface area contributed by atoms with E-state index in [0.717, 1.165) is 11.1 Å². The van der Waals surface area contributed by atoms with Crippen LogP contribution >= 0.6 is 0 Å². The minimum absolute atomic E-state index is 0.125. The van der Waals surface area contributed by atoms with E-state index >= 15 is 0 Å². The van der Waals surface area contributed by atoms with Crippen LogP contribution in [0.4, 0.5) is 4.39 Å². The van der Waals surface area contributed by atoms with Crippen LogP contribution in [0.1, 0.15) is 24.5 Å². The van der Waals surface area contributed by atoms with Crippen molar-refractivity contribution in [3.05, 3.63) is 63.8 Å². The molecule has 24 heavy (non-hydrogen) atoms. The van der Waals surface area contributed by atoms with Crippen LogP contribution in [0.15, 0.2) is 41.3 Å². The fourth-order valence-corrected chi connectivity index (χ4v) is 4.41. The molecule has 0 spiro atoms. The lowest BCUT2D eigenvalue weighted by Crippen LogP contribution is -2.38. The van der Waals surface area contributed by atoms with E-state index < -0.39 is 10.0 Å². The zero-order valence-corrected chi connectivity index (χ0v) is 14.2. The molecule has 0 aliphatic carbocycles. The first-order valence-corrected chi connectivity index (χ1v) is 9.50. The van der Waals surface area contributed by atoms with Crippen molar-refractivity contribution in [3.8, 4) is 5.69 Å². The molecule has 0 radical (unpaired) electrons. The highest BCUT2D eigenvalue weighted by molar-refractivity contribution is 7.89. The zero-order chi connectivity index (χ0) is 17.3. The van der Waals surface area contributed by atoms with Gasteiger partial charge in [-0.3, -0.25) is 9.36 Å². The van der Waals surface area contributed by atoms with Gasteiger partial charge in [-0.2, -0.15) is 4.31 Å². The van der Waals surface area contributed by atoms with Crippen molar-refractivity contribution in [2.24, 2.45) is 0 Å². The Bertz CT molecular complexity index is 904. The van der Waals surface area contributed by atoms with Crippen molar-refractivity contribution < 1.29 is 12.8 Å². The first-order valence-electron chi connectivity index (χ1n) is 7.89. The summed E-state index contributed by atoms with van der Waals surface area (Å²) in [4.78, 5) is 12.3. The van der Waals surface area contributed by atoms with Gasteiger partial charge in [-0.25, -0.2) is 12.8 Å². The SMILES string of the molecule is CCCS(=O)(=O)N1CCc2cc(=O)n(-c3ccc(F)cc3)cc2C1. The van der Waals surface area contributed by atoms with Gasteiger partial charge >= 0.3 is 0 Å². The van der Waals surface area contributed by atoms with Crippen molar-refractivity contribution in [3.63, 3.8) is 0 Å². The Kier molecular flexibility index (Phi) is 4.56. The van der Waals surface area contributed by atoms with Crippen LogP contribution in [0.25, 0.3) is 5.69 Å². The van der Waals surface area contributed by atoms with Crippen molar-refractivity contribution in [2.75, 3.05) is 12.3 Å². The first kappa shape index (κ1) is 16.9. The molecular weight excluding hydrogens is 331 g/mol. The summed E-state index contributed by atoms with van der Waals surface area (Å²) in [6.07, 6.45) is 2.76. The molecule has 2 heterocycles. The summed E-state index contributed by atoms with van der Waals surface area (Å²) in [5.41, 5.74) is 2.04. The Labute approximate surface area is 140 Å². The highest BCUT2D eigenvalue weighted by Gasteiger charge is 2.26. The zero-order valence-electron chi connectivity index (χ0n) is 13.4. The topological polar surface area (TPSA) is 59.4 Å². The predicted molar refractivity (Wildman–Crippen MR) is 90.2 cm³/mol. The fourth-order valence-electron chi connectivity index (χ4n) is 2.93. The third-order valence-corrected chi connectivity index (χ3v) is 6.19. The summed E-state index contributed by atoms with van der Waals surface area (Å²) in [5, 5.41) is 0. The monoisotopic (exact) mass is 350 g/mol. The largest absolute Gasteiger partial charge is 0.284 e. The van der Waals surface area contributed by atoms with Crippen LogP contribution in [0, 0.1) is 5.82 Å². The van der Waals surface area contributed by atoms with Gasteiger partial charge < -0.3 is 0 Å². The number of rotatable bonds is 4. The molecule has 5 nitrogen and oxygen atoms in total. The summed E-state index contributed by atoms with van der Waals surface area (Å²) >= 11 is 0. The van der Waals surface area contributed by atoms with Crippen LogP contribution in [-0.2, 0) is 23.0 Å². The highest BCUT2D eigenvalue weighted by atomic mass is 32.2. The van der Waals surface area contributed by atoms with Gasteiger partial charge in [0.25, 0.3) is 5.56 Å². The second kappa shape index (κ2) is 6.49. The van der Waals surface area contributed by atoms with Gasteiger partial charge in [0.05, 0.1) is 5.75 Å². The van der Waals surface area contributed by atoms with Crippen LogP contribution in [0.2, 0.25) is 0 Å². The number of halogens is 1. The number of sulfonamides is 1. The van der Waals surface area contributed by atoms with E-state index in [1.54, 1.807) is 12.3 Å². The molecule has 2 aromatic rings. The quantitative estimate of drug-likeness (QED) is 0.848. The Balaban J connectivity index is 1.98. The average molecular weight is 350 g/mol. The van der Waals surface area contributed by atoms with E-state index in [1.165, 1.54) is 33.1 Å². The number of benzene rings is 1. The fraction of sp³-hybridized carbons (Fsp3) is 0.353. The molecule has 0 saturated heterocycles. The minimum Gasteiger partial charge on any atom is -0.284 e. The molecule has 1 aliphatic rings. The molecule has 0 bridgehead atoms. The Hall–Kier alpha value is -1.99. The molecule has 0 fully saturated rings. The molecule has 0 saturated carbocycles. The van der Waals surface area contributed by atoms with Gasteiger partial charge in [-0.1, -0.05) is 6.92 Å². The maximum absolute atomic E-state index is 13.1. The average Bonchev–Trinajstić information content (AvgIpc) is 2.54. The number of pyridine rings is 1. The molecule has 0 N–H and O–H groups in total. The summed E-state index contributed by atoms with van der Waals surface area (Å²) < 4.78 is 40.5. The molecule has 1 aliphatic heterocycles. The second-order valence-corrected chi connectivity index (χ2v) is 8.00. The van der Waals surface area contributed by atoms with Crippen LogP contribution in [0.3, 0.4) is 0 Å². The summed E-state index contributed by atoms with van der Waals surface area (Å²) in [5.74, 6) is -0.249. The number of hydrogen-bond acceptors (Lipinski definition) is 3. The van der Waals surface area contributed by atoms with Gasteiger partial charge in [0.2, 0.25) is 10.0 Å². The molecule has 128 valence electrons. The van der Waals surface area contributed by atoms with Crippen molar-refractivity contribution in [1.82, 2.24) is 8.87 Å². The lowest BCUT2D eigenvalue weighted by molar-refractivity contribution is 0.389. The van der Waals surface area contributed by atoms with Gasteiger partial charge in [0.15, 0.2) is 0 Å². The molecule has 0 atom stereocenters. The molecular formula is C17H19FN2O3S. The van der Waals surface area contributed by atoms with Crippen molar-refractivity contribution >= 4 is 10.0 Å². The molecule has 1 aromatic carbocycles. The third kappa shape index (κ3) is 3.27. The number of fused-ring (bicyclic) bond motifs is 1. The van der Waals surface area contributed by atoms with Gasteiger partial charge in [0.1, 0.15) is 5.82 Å².